The van der Waals surface area contributed by atoms with Gasteiger partial charge in [0.1, 0.15) is 0 Å². The summed E-state index contributed by atoms with van der Waals surface area (Å²) in [5.74, 6) is 0. The van der Waals surface area contributed by atoms with Gasteiger partial charge in [-0.2, -0.15) is 0 Å². The van der Waals surface area contributed by atoms with Crippen LogP contribution in [0.4, 0.5) is 5.69 Å². The summed E-state index contributed by atoms with van der Waals surface area (Å²) in [4.78, 5) is 3.94. The minimum atomic E-state index is 0.0746. The standard InChI is InChI=1S/C52H38N4Se2/c1-51(2,3)30-16-18-32-34-20-22-41-47(49(34)57-45(32)25-30)36-12-8-10-14-39(36)55(41)43-24-29(28-53)38(54-7)27-44(43)56-40-15-11-9-13-37(40)48-42(56)23-21-35-33-19-17-31(52(4,5)6)26-46(33)58-50(35)48/h8-27H,1-6H3. The van der Waals surface area contributed by atoms with E-state index in [1.54, 1.807) is 0 Å². The van der Waals surface area contributed by atoms with Gasteiger partial charge in [0.15, 0.2) is 0 Å². The molecule has 0 radical (unpaired) electrons. The number of para-hydroxylation sites is 2. The number of hydrogen-bond acceptors (Lipinski definition) is 1. The first-order valence-corrected chi connectivity index (χ1v) is 23.1. The summed E-state index contributed by atoms with van der Waals surface area (Å²) < 4.78 is 10.4. The summed E-state index contributed by atoms with van der Waals surface area (Å²) >= 11 is 0.241. The average Bonchev–Trinajstić information content (AvgIpc) is 3.96. The van der Waals surface area contributed by atoms with E-state index in [0.717, 1.165) is 33.4 Å². The third-order valence-corrected chi connectivity index (χ3v) is 17.1. The van der Waals surface area contributed by atoms with E-state index in [0.29, 0.717) is 11.3 Å². The number of rotatable bonds is 2. The molecule has 0 aliphatic rings. The van der Waals surface area contributed by atoms with Gasteiger partial charge in [-0.3, -0.25) is 0 Å². The van der Waals surface area contributed by atoms with Crippen LogP contribution in [-0.4, -0.2) is 38.1 Å². The summed E-state index contributed by atoms with van der Waals surface area (Å²) in [5, 5.41) is 20.8. The Balaban J connectivity index is 1.26. The molecule has 0 saturated carbocycles. The average molecular weight is 877 g/mol. The normalized spacial score (nSPS) is 12.6. The Labute approximate surface area is 348 Å². The second-order valence-electron chi connectivity index (χ2n) is 17.6. The summed E-state index contributed by atoms with van der Waals surface area (Å²) in [6, 6.07) is 47.0. The molecule has 0 amide bonds. The fraction of sp³-hybridized carbons (Fsp3) is 0.154. The van der Waals surface area contributed by atoms with Crippen LogP contribution in [0.15, 0.2) is 121 Å². The van der Waals surface area contributed by atoms with Gasteiger partial charge >= 0.3 is 351 Å². The molecular formula is C52H38N4Se2. The quantitative estimate of drug-likeness (QED) is 0.126. The van der Waals surface area contributed by atoms with Crippen LogP contribution in [0.5, 0.6) is 0 Å². The summed E-state index contributed by atoms with van der Waals surface area (Å²) in [7, 11) is 0. The third-order valence-electron chi connectivity index (χ3n) is 12.1. The number of nitriles is 1. The molecule has 0 saturated heterocycles. The minimum absolute atomic E-state index is 0.0746. The predicted octanol–water partition coefficient (Wildman–Crippen LogP) is 13.6. The van der Waals surface area contributed by atoms with Crippen LogP contribution >= 0.6 is 0 Å². The van der Waals surface area contributed by atoms with Crippen molar-refractivity contribution < 1.29 is 0 Å². The number of fused-ring (bicyclic) bond motifs is 14. The van der Waals surface area contributed by atoms with Crippen LogP contribution in [0, 0.1) is 17.9 Å². The molecule has 0 aliphatic carbocycles. The van der Waals surface area contributed by atoms with Crippen molar-refractivity contribution in [3.63, 3.8) is 0 Å². The van der Waals surface area contributed by atoms with Crippen molar-refractivity contribution in [2.75, 3.05) is 0 Å². The van der Waals surface area contributed by atoms with Crippen LogP contribution in [-0.2, 0) is 10.8 Å². The molecule has 0 atom stereocenters. The van der Waals surface area contributed by atoms with Gasteiger partial charge in [-0.05, 0) is 0 Å². The molecule has 58 heavy (non-hydrogen) atoms. The zero-order valence-electron chi connectivity index (χ0n) is 33.2. The maximum atomic E-state index is 10.5. The van der Waals surface area contributed by atoms with Crippen LogP contribution in [0.25, 0.3) is 98.4 Å². The first kappa shape index (κ1) is 35.3. The number of hydrogen-bond donors (Lipinski definition) is 0. The van der Waals surface area contributed by atoms with E-state index in [9.17, 15) is 5.26 Å². The predicted molar refractivity (Wildman–Crippen MR) is 247 cm³/mol. The summed E-state index contributed by atoms with van der Waals surface area (Å²) in [5.41, 5.74) is 9.79. The van der Waals surface area contributed by atoms with Gasteiger partial charge in [-0.25, -0.2) is 0 Å². The fourth-order valence-corrected chi connectivity index (χ4v) is 14.6. The maximum absolute atomic E-state index is 10.5. The van der Waals surface area contributed by atoms with Gasteiger partial charge in [0.2, 0.25) is 0 Å². The van der Waals surface area contributed by atoms with Crippen molar-refractivity contribution in [2.24, 2.45) is 0 Å². The molecule has 0 spiro atoms. The van der Waals surface area contributed by atoms with E-state index in [1.165, 1.54) is 71.3 Å². The molecule has 4 nitrogen and oxygen atoms in total. The first-order valence-electron chi connectivity index (χ1n) is 19.7. The summed E-state index contributed by atoms with van der Waals surface area (Å²) in [6.07, 6.45) is 0. The van der Waals surface area contributed by atoms with E-state index in [1.807, 2.05) is 12.1 Å². The molecule has 0 aliphatic heterocycles. The number of nitrogens with zero attached hydrogens (tertiary/aromatic N) is 4. The van der Waals surface area contributed by atoms with E-state index in [2.05, 4.69) is 171 Å². The Morgan fingerprint density at radius 3 is 1.41 bits per heavy atom. The molecular weight excluding hydrogens is 839 g/mol. The van der Waals surface area contributed by atoms with Gasteiger partial charge in [0.05, 0.1) is 0 Å². The van der Waals surface area contributed by atoms with Crippen molar-refractivity contribution in [1.29, 1.82) is 5.26 Å². The monoisotopic (exact) mass is 878 g/mol. The summed E-state index contributed by atoms with van der Waals surface area (Å²) in [6.45, 7) is 22.0. The van der Waals surface area contributed by atoms with Gasteiger partial charge < -0.3 is 0 Å². The van der Waals surface area contributed by atoms with E-state index < -0.39 is 0 Å². The first-order chi connectivity index (χ1) is 27.9. The van der Waals surface area contributed by atoms with E-state index in [-0.39, 0.29) is 39.8 Å². The molecule has 278 valence electrons. The van der Waals surface area contributed by atoms with Crippen molar-refractivity contribution in [3.8, 4) is 17.4 Å². The molecule has 11 rings (SSSR count). The Morgan fingerprint density at radius 2 is 0.966 bits per heavy atom. The third kappa shape index (κ3) is 4.97. The van der Waals surface area contributed by atoms with Crippen LogP contribution in [0.1, 0.15) is 58.2 Å². The van der Waals surface area contributed by atoms with Crippen molar-refractivity contribution >= 4 is 117 Å². The van der Waals surface area contributed by atoms with Crippen LogP contribution in [0.3, 0.4) is 0 Å². The zero-order valence-corrected chi connectivity index (χ0v) is 36.6. The molecule has 4 aromatic heterocycles. The van der Waals surface area contributed by atoms with Crippen molar-refractivity contribution in [3.05, 3.63) is 149 Å². The number of aromatic nitrogens is 2. The molecule has 0 fully saturated rings. The molecule has 0 N–H and O–H groups in total. The van der Waals surface area contributed by atoms with Crippen LogP contribution in [0.2, 0.25) is 0 Å². The van der Waals surface area contributed by atoms with Gasteiger partial charge in [-0.1, -0.05) is 0 Å². The topological polar surface area (TPSA) is 38.0 Å². The Kier molecular flexibility index (Phi) is 7.51. The second kappa shape index (κ2) is 12.3. The molecule has 0 unspecified atom stereocenters. The molecule has 11 aromatic rings. The molecule has 4 heterocycles. The van der Waals surface area contributed by atoms with Crippen molar-refractivity contribution in [1.82, 2.24) is 9.13 Å². The SMILES string of the molecule is [C-]#[N+]c1cc(-n2c3ccccc3c3c4[se]c5cc(C(C)(C)C)ccc5c4ccc32)c(-n2c3ccccc3c3c4[se]c5cc(C(C)(C)C)ccc5c4ccc32)cc1C#N. The fourth-order valence-electron chi connectivity index (χ4n) is 9.13. The van der Waals surface area contributed by atoms with E-state index in [4.69, 9.17) is 6.57 Å². The van der Waals surface area contributed by atoms with Crippen molar-refractivity contribution in [2.45, 2.75) is 52.4 Å². The van der Waals surface area contributed by atoms with Crippen LogP contribution < -0.4 is 0 Å². The van der Waals surface area contributed by atoms with E-state index >= 15 is 0 Å². The van der Waals surface area contributed by atoms with Gasteiger partial charge in [0.25, 0.3) is 0 Å². The molecule has 0 bridgehead atoms. The zero-order chi connectivity index (χ0) is 39.8. The Morgan fingerprint density at radius 1 is 0.517 bits per heavy atom. The molecule has 7 aromatic carbocycles. The molecule has 6 heteroatoms. The number of benzene rings is 7. The van der Waals surface area contributed by atoms with Gasteiger partial charge in [-0.15, -0.1) is 0 Å². The second-order valence-corrected chi connectivity index (χ2v) is 22.0. The van der Waals surface area contributed by atoms with Gasteiger partial charge in [0, 0.05) is 0 Å². The Hall–Kier alpha value is -5.84. The Bertz CT molecular complexity index is 3430.